The summed E-state index contributed by atoms with van der Waals surface area (Å²) in [6, 6.07) is 11.2. The molecule has 1 aromatic heterocycles. The Morgan fingerprint density at radius 3 is 2.65 bits per heavy atom. The summed E-state index contributed by atoms with van der Waals surface area (Å²) in [5.41, 5.74) is 2.52. The predicted octanol–water partition coefficient (Wildman–Crippen LogP) is 2.48. The van der Waals surface area contributed by atoms with Crippen LogP contribution < -0.4 is 4.74 Å². The van der Waals surface area contributed by atoms with Crippen molar-refractivity contribution >= 4 is 0 Å². The highest BCUT2D eigenvalue weighted by Crippen LogP contribution is 2.24. The summed E-state index contributed by atoms with van der Waals surface area (Å²) in [7, 11) is 1.61. The van der Waals surface area contributed by atoms with E-state index in [1.54, 1.807) is 13.3 Å². The van der Waals surface area contributed by atoms with Gasteiger partial charge in [-0.3, -0.25) is 4.98 Å². The zero-order valence-electron chi connectivity index (χ0n) is 9.92. The second-order valence-corrected chi connectivity index (χ2v) is 3.91. The van der Waals surface area contributed by atoms with Gasteiger partial charge < -0.3 is 9.84 Å². The van der Waals surface area contributed by atoms with Crippen molar-refractivity contribution in [2.75, 3.05) is 7.11 Å². The van der Waals surface area contributed by atoms with Gasteiger partial charge in [-0.25, -0.2) is 0 Å². The van der Waals surface area contributed by atoms with E-state index in [0.717, 1.165) is 22.6 Å². The molecule has 1 N–H and O–H groups in total. The van der Waals surface area contributed by atoms with Gasteiger partial charge in [0.15, 0.2) is 0 Å². The molecular weight excluding hydrogens is 214 g/mol. The molecule has 1 aromatic carbocycles. The molecule has 3 nitrogen and oxygen atoms in total. The quantitative estimate of drug-likeness (QED) is 0.879. The summed E-state index contributed by atoms with van der Waals surface area (Å²) < 4.78 is 5.13. The number of benzene rings is 1. The fourth-order valence-electron chi connectivity index (χ4n) is 1.65. The largest absolute Gasteiger partial charge is 0.497 e. The van der Waals surface area contributed by atoms with E-state index in [1.807, 2.05) is 43.3 Å². The number of methoxy groups -OCH3 is 1. The van der Waals surface area contributed by atoms with Crippen LogP contribution >= 0.6 is 0 Å². The third kappa shape index (κ3) is 2.63. The van der Waals surface area contributed by atoms with Gasteiger partial charge in [0.05, 0.1) is 7.11 Å². The van der Waals surface area contributed by atoms with Gasteiger partial charge in [0.2, 0.25) is 0 Å². The van der Waals surface area contributed by atoms with Gasteiger partial charge in [-0.1, -0.05) is 18.2 Å². The molecule has 0 bridgehead atoms. The maximum absolute atomic E-state index is 10.2. The maximum atomic E-state index is 10.2. The zero-order valence-corrected chi connectivity index (χ0v) is 9.92. The molecule has 0 spiro atoms. The topological polar surface area (TPSA) is 42.4 Å². The Labute approximate surface area is 101 Å². The Morgan fingerprint density at radius 1 is 1.18 bits per heavy atom. The Morgan fingerprint density at radius 2 is 2.00 bits per heavy atom. The molecule has 2 aromatic rings. The van der Waals surface area contributed by atoms with Crippen LogP contribution in [-0.4, -0.2) is 17.2 Å². The third-order valence-corrected chi connectivity index (χ3v) is 2.66. The number of pyridine rings is 1. The lowest BCUT2D eigenvalue weighted by Gasteiger charge is -2.12. The Bertz CT molecular complexity index is 494. The summed E-state index contributed by atoms with van der Waals surface area (Å²) in [6.45, 7) is 1.92. The van der Waals surface area contributed by atoms with Crippen molar-refractivity contribution in [1.29, 1.82) is 0 Å². The normalized spacial score (nSPS) is 12.2. The fraction of sp³-hybridized carbons (Fsp3) is 0.214. The highest BCUT2D eigenvalue weighted by atomic mass is 16.5. The van der Waals surface area contributed by atoms with Crippen LogP contribution in [0.5, 0.6) is 5.75 Å². The van der Waals surface area contributed by atoms with Crippen molar-refractivity contribution in [3.05, 3.63) is 59.4 Å². The number of aliphatic hydroxyl groups is 1. The number of aromatic nitrogens is 1. The standard InChI is InChI=1S/C14H15NO2/c1-10-6-7-12(9-15-10)14(16)11-4-3-5-13(8-11)17-2/h3-9,14,16H,1-2H3. The first-order chi connectivity index (χ1) is 8.20. The van der Waals surface area contributed by atoms with Crippen LogP contribution in [0, 0.1) is 6.92 Å². The van der Waals surface area contributed by atoms with Crippen LogP contribution in [0.3, 0.4) is 0 Å². The minimum Gasteiger partial charge on any atom is -0.497 e. The number of aryl methyl sites for hydroxylation is 1. The number of aliphatic hydroxyl groups excluding tert-OH is 1. The van der Waals surface area contributed by atoms with Crippen LogP contribution in [0.1, 0.15) is 22.9 Å². The summed E-state index contributed by atoms with van der Waals surface area (Å²) in [5.74, 6) is 0.738. The number of ether oxygens (including phenoxy) is 1. The Balaban J connectivity index is 2.29. The number of hydrogen-bond acceptors (Lipinski definition) is 3. The van der Waals surface area contributed by atoms with E-state index in [0.29, 0.717) is 0 Å². The highest BCUT2D eigenvalue weighted by molar-refractivity contribution is 5.34. The van der Waals surface area contributed by atoms with Gasteiger partial charge in [-0.2, -0.15) is 0 Å². The molecule has 1 unspecified atom stereocenters. The fourth-order valence-corrected chi connectivity index (χ4v) is 1.65. The lowest BCUT2D eigenvalue weighted by Crippen LogP contribution is -2.00. The predicted molar refractivity (Wildman–Crippen MR) is 66.0 cm³/mol. The molecule has 0 radical (unpaired) electrons. The van der Waals surface area contributed by atoms with Crippen molar-refractivity contribution in [2.24, 2.45) is 0 Å². The van der Waals surface area contributed by atoms with E-state index < -0.39 is 6.10 Å². The van der Waals surface area contributed by atoms with E-state index in [1.165, 1.54) is 0 Å². The smallest absolute Gasteiger partial charge is 0.119 e. The lowest BCUT2D eigenvalue weighted by molar-refractivity contribution is 0.219. The molecule has 2 rings (SSSR count). The maximum Gasteiger partial charge on any atom is 0.119 e. The second kappa shape index (κ2) is 4.97. The van der Waals surface area contributed by atoms with Crippen LogP contribution in [-0.2, 0) is 0 Å². The van der Waals surface area contributed by atoms with Crippen LogP contribution in [0.15, 0.2) is 42.6 Å². The first-order valence-corrected chi connectivity index (χ1v) is 5.45. The van der Waals surface area contributed by atoms with Crippen molar-refractivity contribution in [3.8, 4) is 5.75 Å². The molecule has 0 fully saturated rings. The minimum atomic E-state index is -0.668. The number of hydrogen-bond donors (Lipinski definition) is 1. The molecule has 0 amide bonds. The first-order valence-electron chi connectivity index (χ1n) is 5.45. The zero-order chi connectivity index (χ0) is 12.3. The SMILES string of the molecule is COc1cccc(C(O)c2ccc(C)nc2)c1. The summed E-state index contributed by atoms with van der Waals surface area (Å²) in [4.78, 5) is 4.18. The molecule has 1 atom stereocenters. The van der Waals surface area contributed by atoms with E-state index in [4.69, 9.17) is 4.74 Å². The molecule has 0 saturated heterocycles. The highest BCUT2D eigenvalue weighted by Gasteiger charge is 2.11. The Kier molecular flexibility index (Phi) is 3.40. The van der Waals surface area contributed by atoms with Gasteiger partial charge in [-0.15, -0.1) is 0 Å². The van der Waals surface area contributed by atoms with E-state index in [2.05, 4.69) is 4.98 Å². The van der Waals surface area contributed by atoms with Crippen LogP contribution in [0.2, 0.25) is 0 Å². The summed E-state index contributed by atoms with van der Waals surface area (Å²) in [5, 5.41) is 10.2. The molecule has 0 aliphatic heterocycles. The van der Waals surface area contributed by atoms with Crippen LogP contribution in [0.25, 0.3) is 0 Å². The van der Waals surface area contributed by atoms with Crippen LogP contribution in [0.4, 0.5) is 0 Å². The average Bonchev–Trinajstić information content (AvgIpc) is 2.39. The molecule has 88 valence electrons. The van der Waals surface area contributed by atoms with Crippen molar-refractivity contribution in [1.82, 2.24) is 4.98 Å². The van der Waals surface area contributed by atoms with Gasteiger partial charge in [0.1, 0.15) is 11.9 Å². The van der Waals surface area contributed by atoms with Gasteiger partial charge in [-0.05, 0) is 30.7 Å². The van der Waals surface area contributed by atoms with Crippen molar-refractivity contribution in [2.45, 2.75) is 13.0 Å². The third-order valence-electron chi connectivity index (χ3n) is 2.66. The molecular formula is C14H15NO2. The average molecular weight is 229 g/mol. The van der Waals surface area contributed by atoms with Crippen molar-refractivity contribution < 1.29 is 9.84 Å². The Hall–Kier alpha value is -1.87. The number of rotatable bonds is 3. The lowest BCUT2D eigenvalue weighted by atomic mass is 10.0. The molecule has 3 heteroatoms. The van der Waals surface area contributed by atoms with Crippen molar-refractivity contribution in [3.63, 3.8) is 0 Å². The van der Waals surface area contributed by atoms with E-state index in [9.17, 15) is 5.11 Å². The molecule has 0 aliphatic carbocycles. The monoisotopic (exact) mass is 229 g/mol. The van der Waals surface area contributed by atoms with Gasteiger partial charge >= 0.3 is 0 Å². The number of nitrogens with zero attached hydrogens (tertiary/aromatic N) is 1. The van der Waals surface area contributed by atoms with Gasteiger partial charge in [0.25, 0.3) is 0 Å². The summed E-state index contributed by atoms with van der Waals surface area (Å²) >= 11 is 0. The molecule has 1 heterocycles. The molecule has 0 aliphatic rings. The summed E-state index contributed by atoms with van der Waals surface area (Å²) in [6.07, 6.45) is 1.03. The van der Waals surface area contributed by atoms with Gasteiger partial charge in [0, 0.05) is 17.5 Å². The van der Waals surface area contributed by atoms with E-state index in [-0.39, 0.29) is 0 Å². The minimum absolute atomic E-state index is 0.668. The van der Waals surface area contributed by atoms with E-state index >= 15 is 0 Å². The second-order valence-electron chi connectivity index (χ2n) is 3.91. The molecule has 17 heavy (non-hydrogen) atoms. The first kappa shape index (κ1) is 11.6. The molecule has 0 saturated carbocycles.